The predicted molar refractivity (Wildman–Crippen MR) is 24.9 cm³/mol. The highest BCUT2D eigenvalue weighted by Crippen LogP contribution is 2.01. The molecule has 1 heterocycles. The van der Waals surface area contributed by atoms with Crippen molar-refractivity contribution in [1.29, 1.82) is 0 Å². The molecule has 0 aromatic heterocycles. The summed E-state index contributed by atoms with van der Waals surface area (Å²) < 4.78 is 3.98. The van der Waals surface area contributed by atoms with Gasteiger partial charge in [0.2, 0.25) is 0 Å². The lowest BCUT2D eigenvalue weighted by Gasteiger charge is -1.84. The molecular formula is C4HBO3. The van der Waals surface area contributed by atoms with Gasteiger partial charge in [-0.3, -0.25) is 0 Å². The molecule has 3 nitrogen and oxygen atoms in total. The average molecular weight is 108 g/mol. The minimum atomic E-state index is -0.755. The molecule has 0 fully saturated rings. The second kappa shape index (κ2) is 1.47. The molecule has 1 rings (SSSR count). The molecule has 8 heavy (non-hydrogen) atoms. The van der Waals surface area contributed by atoms with Crippen molar-refractivity contribution >= 4 is 19.8 Å². The van der Waals surface area contributed by atoms with Gasteiger partial charge in [0.25, 0.3) is 0 Å². The summed E-state index contributed by atoms with van der Waals surface area (Å²) in [5.41, 5.74) is -0.130. The van der Waals surface area contributed by atoms with Gasteiger partial charge < -0.3 is 4.74 Å². The van der Waals surface area contributed by atoms with E-state index in [1.807, 2.05) is 0 Å². The van der Waals surface area contributed by atoms with Crippen molar-refractivity contribution in [3.8, 4) is 0 Å². The fourth-order valence-electron chi connectivity index (χ4n) is 0.366. The van der Waals surface area contributed by atoms with Crippen LogP contribution >= 0.6 is 0 Å². The van der Waals surface area contributed by atoms with Gasteiger partial charge in [0, 0.05) is 6.08 Å². The van der Waals surface area contributed by atoms with Crippen molar-refractivity contribution in [2.45, 2.75) is 0 Å². The Hall–Kier alpha value is -1.06. The standard InChI is InChI=1S/C4HBO3/c5-2-1-3(6)8-4(2)7/h1H. The lowest BCUT2D eigenvalue weighted by molar-refractivity contribution is -0.150. The van der Waals surface area contributed by atoms with Crippen molar-refractivity contribution in [2.75, 3.05) is 0 Å². The summed E-state index contributed by atoms with van der Waals surface area (Å²) in [4.78, 5) is 20.2. The first kappa shape index (κ1) is 5.09. The normalized spacial score (nSPS) is 18.2. The summed E-state index contributed by atoms with van der Waals surface area (Å²) in [7, 11) is 4.93. The van der Waals surface area contributed by atoms with Gasteiger partial charge in [0.15, 0.2) is 0 Å². The van der Waals surface area contributed by atoms with E-state index in [0.29, 0.717) is 0 Å². The maximum absolute atomic E-state index is 10.1. The molecule has 2 radical (unpaired) electrons. The third kappa shape index (κ3) is 0.642. The second-order valence-corrected chi connectivity index (χ2v) is 1.31. The van der Waals surface area contributed by atoms with E-state index in [0.717, 1.165) is 6.08 Å². The summed E-state index contributed by atoms with van der Waals surface area (Å²) in [5.74, 6) is -1.44. The van der Waals surface area contributed by atoms with Crippen molar-refractivity contribution in [3.63, 3.8) is 0 Å². The van der Waals surface area contributed by atoms with Crippen LogP contribution in [-0.2, 0) is 14.3 Å². The zero-order valence-corrected chi connectivity index (χ0v) is 3.88. The third-order valence-electron chi connectivity index (χ3n) is 0.702. The number of ether oxygens (including phenoxy) is 1. The van der Waals surface area contributed by atoms with Crippen LogP contribution in [-0.4, -0.2) is 19.8 Å². The van der Waals surface area contributed by atoms with Crippen LogP contribution in [0.2, 0.25) is 0 Å². The fraction of sp³-hybridized carbons (Fsp3) is 0. The molecule has 0 bridgehead atoms. The van der Waals surface area contributed by atoms with Gasteiger partial charge in [0.1, 0.15) is 7.85 Å². The first-order valence-corrected chi connectivity index (χ1v) is 1.93. The minimum absolute atomic E-state index is 0.130. The van der Waals surface area contributed by atoms with Gasteiger partial charge >= 0.3 is 11.9 Å². The summed E-state index contributed by atoms with van der Waals surface area (Å²) in [5, 5.41) is 0. The second-order valence-electron chi connectivity index (χ2n) is 1.31. The van der Waals surface area contributed by atoms with Crippen LogP contribution in [0.1, 0.15) is 0 Å². The Bertz CT molecular complexity index is 182. The Labute approximate surface area is 46.7 Å². The van der Waals surface area contributed by atoms with Crippen molar-refractivity contribution in [3.05, 3.63) is 11.5 Å². The maximum Gasteiger partial charge on any atom is 0.338 e. The molecule has 0 unspecified atom stereocenters. The van der Waals surface area contributed by atoms with E-state index in [1.165, 1.54) is 0 Å². The number of esters is 2. The van der Waals surface area contributed by atoms with Crippen LogP contribution in [0.3, 0.4) is 0 Å². The summed E-state index contributed by atoms with van der Waals surface area (Å²) in [6, 6.07) is 0. The molecular weight excluding hydrogens is 107 g/mol. The van der Waals surface area contributed by atoms with Gasteiger partial charge in [-0.05, 0) is 5.47 Å². The molecule has 1 aliphatic rings. The Balaban J connectivity index is 2.88. The molecule has 0 saturated carbocycles. The summed E-state index contributed by atoms with van der Waals surface area (Å²) >= 11 is 0. The molecule has 0 N–H and O–H groups in total. The summed E-state index contributed by atoms with van der Waals surface area (Å²) in [6.45, 7) is 0. The lowest BCUT2D eigenvalue weighted by Crippen LogP contribution is -2.00. The van der Waals surface area contributed by atoms with Crippen LogP contribution in [0.25, 0.3) is 0 Å². The molecule has 0 aromatic rings. The predicted octanol–water partition coefficient (Wildman–Crippen LogP) is -0.878. The van der Waals surface area contributed by atoms with E-state index >= 15 is 0 Å². The van der Waals surface area contributed by atoms with Gasteiger partial charge in [-0.25, -0.2) is 9.59 Å². The van der Waals surface area contributed by atoms with E-state index in [4.69, 9.17) is 7.85 Å². The van der Waals surface area contributed by atoms with E-state index in [2.05, 4.69) is 4.74 Å². The number of rotatable bonds is 0. The van der Waals surface area contributed by atoms with Gasteiger partial charge in [0.05, 0.1) is 0 Å². The van der Waals surface area contributed by atoms with E-state index < -0.39 is 11.9 Å². The quantitative estimate of drug-likeness (QED) is 0.230. The van der Waals surface area contributed by atoms with Gasteiger partial charge in [-0.1, -0.05) is 0 Å². The van der Waals surface area contributed by atoms with Gasteiger partial charge in [-0.15, -0.1) is 0 Å². The Morgan fingerprint density at radius 2 is 2.12 bits per heavy atom. The van der Waals surface area contributed by atoms with Crippen molar-refractivity contribution in [1.82, 2.24) is 0 Å². The zero-order chi connectivity index (χ0) is 6.15. The maximum atomic E-state index is 10.1. The first-order chi connectivity index (χ1) is 3.70. The summed E-state index contributed by atoms with van der Waals surface area (Å²) in [6.07, 6.45) is 0.947. The Kier molecular flexibility index (Phi) is 0.935. The van der Waals surface area contributed by atoms with Crippen molar-refractivity contribution in [2.24, 2.45) is 0 Å². The van der Waals surface area contributed by atoms with Crippen LogP contribution in [0.15, 0.2) is 11.5 Å². The van der Waals surface area contributed by atoms with E-state index in [1.54, 1.807) is 0 Å². The average Bonchev–Trinajstić information content (AvgIpc) is 1.85. The lowest BCUT2D eigenvalue weighted by atomic mass is 9.97. The Morgan fingerprint density at radius 3 is 2.25 bits per heavy atom. The number of carbonyl (C=O) groups excluding carboxylic acids is 2. The molecule has 1 aliphatic heterocycles. The number of cyclic esters (lactones) is 2. The highest BCUT2D eigenvalue weighted by Gasteiger charge is 2.17. The van der Waals surface area contributed by atoms with Crippen LogP contribution in [0.4, 0.5) is 0 Å². The molecule has 0 aromatic carbocycles. The highest BCUT2D eigenvalue weighted by atomic mass is 16.6. The molecule has 0 aliphatic carbocycles. The smallest absolute Gasteiger partial charge is 0.338 e. The van der Waals surface area contributed by atoms with Crippen LogP contribution in [0.5, 0.6) is 0 Å². The molecule has 0 saturated heterocycles. The van der Waals surface area contributed by atoms with E-state index in [-0.39, 0.29) is 5.47 Å². The largest absolute Gasteiger partial charge is 0.387 e. The zero-order valence-electron chi connectivity index (χ0n) is 3.88. The van der Waals surface area contributed by atoms with Gasteiger partial charge in [-0.2, -0.15) is 0 Å². The topological polar surface area (TPSA) is 43.4 Å². The molecule has 38 valence electrons. The first-order valence-electron chi connectivity index (χ1n) is 1.93. The monoisotopic (exact) mass is 108 g/mol. The van der Waals surface area contributed by atoms with Crippen LogP contribution < -0.4 is 0 Å². The molecule has 0 amide bonds. The molecule has 0 spiro atoms. The number of hydrogen-bond donors (Lipinski definition) is 0. The fourth-order valence-corrected chi connectivity index (χ4v) is 0.366. The van der Waals surface area contributed by atoms with Crippen molar-refractivity contribution < 1.29 is 14.3 Å². The third-order valence-corrected chi connectivity index (χ3v) is 0.702. The SMILES string of the molecule is [B]C1=CC(=O)OC1=O. The van der Waals surface area contributed by atoms with E-state index in [9.17, 15) is 9.59 Å². The number of carbonyl (C=O) groups is 2. The highest BCUT2D eigenvalue weighted by molar-refractivity contribution is 6.39. The minimum Gasteiger partial charge on any atom is -0.387 e. The number of hydrogen-bond acceptors (Lipinski definition) is 3. The Morgan fingerprint density at radius 1 is 1.50 bits per heavy atom. The molecule has 0 atom stereocenters. The van der Waals surface area contributed by atoms with Crippen LogP contribution in [0, 0.1) is 0 Å². The molecule has 4 heteroatoms.